The van der Waals surface area contributed by atoms with Crippen LogP contribution in [0.15, 0.2) is 28.9 Å². The quantitative estimate of drug-likeness (QED) is 0.943. The summed E-state index contributed by atoms with van der Waals surface area (Å²) >= 11 is 3.45. The molecule has 19 heavy (non-hydrogen) atoms. The van der Waals surface area contributed by atoms with Gasteiger partial charge in [0.05, 0.1) is 11.1 Å². The molecule has 1 aliphatic heterocycles. The Kier molecular flexibility index (Phi) is 3.38. The number of fused-ring (bicyclic) bond motifs is 1. The summed E-state index contributed by atoms with van der Waals surface area (Å²) in [5.41, 5.74) is 2.25. The van der Waals surface area contributed by atoms with Gasteiger partial charge in [0.1, 0.15) is 11.6 Å². The molecule has 2 heterocycles. The molecule has 5 heteroatoms. The first kappa shape index (κ1) is 12.4. The summed E-state index contributed by atoms with van der Waals surface area (Å²) in [5, 5.41) is 3.22. The zero-order valence-corrected chi connectivity index (χ0v) is 12.2. The summed E-state index contributed by atoms with van der Waals surface area (Å²) in [6, 6.07) is 6.11. The van der Waals surface area contributed by atoms with E-state index in [0.29, 0.717) is 0 Å². The fourth-order valence-electron chi connectivity index (χ4n) is 2.12. The Bertz CT molecular complexity index is 616. The van der Waals surface area contributed by atoms with E-state index in [1.807, 2.05) is 19.1 Å². The van der Waals surface area contributed by atoms with Crippen LogP contribution in [-0.4, -0.2) is 23.1 Å². The Morgan fingerprint density at radius 2 is 2.32 bits per heavy atom. The third kappa shape index (κ3) is 2.42. The van der Waals surface area contributed by atoms with Crippen molar-refractivity contribution in [3.05, 3.63) is 34.4 Å². The molecule has 4 nitrogen and oxygen atoms in total. The second-order valence-electron chi connectivity index (χ2n) is 4.34. The minimum absolute atomic E-state index is 0.730. The van der Waals surface area contributed by atoms with Crippen LogP contribution in [0.5, 0.6) is 5.75 Å². The molecule has 0 spiro atoms. The van der Waals surface area contributed by atoms with E-state index in [9.17, 15) is 0 Å². The maximum atomic E-state index is 5.51. The fourth-order valence-corrected chi connectivity index (χ4v) is 2.45. The lowest BCUT2D eigenvalue weighted by molar-refractivity contribution is 0.357. The molecule has 2 aromatic rings. The van der Waals surface area contributed by atoms with Gasteiger partial charge in [-0.05, 0) is 46.6 Å². The molecule has 1 N–H and O–H groups in total. The predicted molar refractivity (Wildman–Crippen MR) is 78.5 cm³/mol. The van der Waals surface area contributed by atoms with Crippen molar-refractivity contribution in [3.63, 3.8) is 0 Å². The minimum atomic E-state index is 0.730. The molecule has 0 saturated carbocycles. The largest absolute Gasteiger partial charge is 0.493 e. The van der Waals surface area contributed by atoms with Crippen LogP contribution in [0.1, 0.15) is 12.5 Å². The van der Waals surface area contributed by atoms with Crippen molar-refractivity contribution in [1.82, 2.24) is 9.97 Å². The summed E-state index contributed by atoms with van der Waals surface area (Å²) in [4.78, 5) is 8.93. The number of ether oxygens (including phenoxy) is 1. The van der Waals surface area contributed by atoms with Gasteiger partial charge in [-0.3, -0.25) is 0 Å². The molecule has 98 valence electrons. The molecule has 0 saturated heterocycles. The Hall–Kier alpha value is -1.62. The van der Waals surface area contributed by atoms with Crippen LogP contribution >= 0.6 is 15.9 Å². The van der Waals surface area contributed by atoms with E-state index in [2.05, 4.69) is 37.3 Å². The van der Waals surface area contributed by atoms with E-state index in [1.165, 1.54) is 5.56 Å². The lowest BCUT2D eigenvalue weighted by atomic mass is 10.1. The van der Waals surface area contributed by atoms with Gasteiger partial charge in [-0.2, -0.15) is 0 Å². The Morgan fingerprint density at radius 3 is 3.16 bits per heavy atom. The second-order valence-corrected chi connectivity index (χ2v) is 5.20. The fraction of sp³-hybridized carbons (Fsp3) is 0.286. The molecular formula is C14H14BrN3O. The standard InChI is InChI=1S/C14H14BrN3O/c1-2-16-14-11(15)8-17-13(18-14)10-3-4-12-9(7-10)5-6-19-12/h3-4,7-8H,2,5-6H2,1H3,(H,16,17,18). The van der Waals surface area contributed by atoms with Crippen LogP contribution in [0.25, 0.3) is 11.4 Å². The maximum absolute atomic E-state index is 5.51. The summed E-state index contributed by atoms with van der Waals surface area (Å²) in [5.74, 6) is 2.53. The third-order valence-corrected chi connectivity index (χ3v) is 3.62. The molecule has 0 fully saturated rings. The molecule has 0 aliphatic carbocycles. The zero-order valence-electron chi connectivity index (χ0n) is 10.6. The smallest absolute Gasteiger partial charge is 0.161 e. The van der Waals surface area contributed by atoms with Crippen molar-refractivity contribution in [2.45, 2.75) is 13.3 Å². The van der Waals surface area contributed by atoms with Crippen molar-refractivity contribution in [2.75, 3.05) is 18.5 Å². The summed E-state index contributed by atoms with van der Waals surface area (Å²) in [6.07, 6.45) is 2.74. The highest BCUT2D eigenvalue weighted by Crippen LogP contribution is 2.30. The normalized spacial score (nSPS) is 12.9. The SMILES string of the molecule is CCNc1nc(-c2ccc3c(c2)CCO3)ncc1Br. The monoisotopic (exact) mass is 319 g/mol. The number of anilines is 1. The second kappa shape index (κ2) is 5.17. The van der Waals surface area contributed by atoms with Gasteiger partial charge in [-0.1, -0.05) is 0 Å². The van der Waals surface area contributed by atoms with Gasteiger partial charge < -0.3 is 10.1 Å². The van der Waals surface area contributed by atoms with Gasteiger partial charge >= 0.3 is 0 Å². The highest BCUT2D eigenvalue weighted by atomic mass is 79.9. The molecule has 0 radical (unpaired) electrons. The van der Waals surface area contributed by atoms with Gasteiger partial charge in [0, 0.05) is 24.7 Å². The highest BCUT2D eigenvalue weighted by molar-refractivity contribution is 9.10. The predicted octanol–water partition coefficient (Wildman–Crippen LogP) is 3.27. The van der Waals surface area contributed by atoms with E-state index in [4.69, 9.17) is 4.74 Å². The van der Waals surface area contributed by atoms with Crippen LogP contribution in [-0.2, 0) is 6.42 Å². The molecule has 0 bridgehead atoms. The first-order chi connectivity index (χ1) is 9.28. The van der Waals surface area contributed by atoms with E-state index >= 15 is 0 Å². The summed E-state index contributed by atoms with van der Waals surface area (Å²) in [7, 11) is 0. The zero-order chi connectivity index (χ0) is 13.2. The number of hydrogen-bond donors (Lipinski definition) is 1. The number of nitrogens with one attached hydrogen (secondary N) is 1. The van der Waals surface area contributed by atoms with Gasteiger partial charge in [-0.15, -0.1) is 0 Å². The first-order valence-electron chi connectivity index (χ1n) is 6.30. The maximum Gasteiger partial charge on any atom is 0.161 e. The van der Waals surface area contributed by atoms with Gasteiger partial charge in [-0.25, -0.2) is 9.97 Å². The Morgan fingerprint density at radius 1 is 1.42 bits per heavy atom. The van der Waals surface area contributed by atoms with Crippen LogP contribution in [0, 0.1) is 0 Å². The molecule has 1 aromatic carbocycles. The highest BCUT2D eigenvalue weighted by Gasteiger charge is 2.14. The third-order valence-electron chi connectivity index (χ3n) is 3.04. The minimum Gasteiger partial charge on any atom is -0.493 e. The van der Waals surface area contributed by atoms with Crippen LogP contribution < -0.4 is 10.1 Å². The number of hydrogen-bond acceptors (Lipinski definition) is 4. The van der Waals surface area contributed by atoms with Crippen molar-refractivity contribution < 1.29 is 4.74 Å². The molecule has 1 aliphatic rings. The Labute approximate surface area is 120 Å². The lowest BCUT2D eigenvalue weighted by Gasteiger charge is -2.08. The van der Waals surface area contributed by atoms with Crippen molar-refractivity contribution in [3.8, 4) is 17.1 Å². The van der Waals surface area contributed by atoms with Crippen molar-refractivity contribution in [2.24, 2.45) is 0 Å². The van der Waals surface area contributed by atoms with E-state index in [1.54, 1.807) is 6.20 Å². The average Bonchev–Trinajstić information content (AvgIpc) is 2.89. The molecule has 0 unspecified atom stereocenters. The summed E-state index contributed by atoms with van der Waals surface area (Å²) in [6.45, 7) is 3.64. The number of nitrogens with zero attached hydrogens (tertiary/aromatic N) is 2. The molecular weight excluding hydrogens is 306 g/mol. The molecule has 1 aromatic heterocycles. The van der Waals surface area contributed by atoms with E-state index in [0.717, 1.165) is 47.0 Å². The number of aromatic nitrogens is 2. The number of benzene rings is 1. The molecule has 0 amide bonds. The lowest BCUT2D eigenvalue weighted by Crippen LogP contribution is -2.02. The van der Waals surface area contributed by atoms with Crippen LogP contribution in [0.3, 0.4) is 0 Å². The van der Waals surface area contributed by atoms with Gasteiger partial charge in [0.15, 0.2) is 5.82 Å². The number of rotatable bonds is 3. The van der Waals surface area contributed by atoms with E-state index < -0.39 is 0 Å². The first-order valence-corrected chi connectivity index (χ1v) is 7.09. The summed E-state index contributed by atoms with van der Waals surface area (Å²) < 4.78 is 6.39. The Balaban J connectivity index is 1.99. The van der Waals surface area contributed by atoms with Gasteiger partial charge in [0.2, 0.25) is 0 Å². The van der Waals surface area contributed by atoms with Crippen molar-refractivity contribution in [1.29, 1.82) is 0 Å². The molecule has 0 atom stereocenters. The van der Waals surface area contributed by atoms with Gasteiger partial charge in [0.25, 0.3) is 0 Å². The average molecular weight is 320 g/mol. The van der Waals surface area contributed by atoms with Crippen LogP contribution in [0.2, 0.25) is 0 Å². The topological polar surface area (TPSA) is 47.0 Å². The van der Waals surface area contributed by atoms with Crippen molar-refractivity contribution >= 4 is 21.7 Å². The molecule has 3 rings (SSSR count). The van der Waals surface area contributed by atoms with Crippen LogP contribution in [0.4, 0.5) is 5.82 Å². The van der Waals surface area contributed by atoms with E-state index in [-0.39, 0.29) is 0 Å². The number of halogens is 1.